The molecule has 0 aromatic heterocycles. The van der Waals surface area contributed by atoms with Crippen LogP contribution in [0.4, 0.5) is 5.69 Å². The van der Waals surface area contributed by atoms with Gasteiger partial charge in [0, 0.05) is 5.56 Å². The molecule has 1 aromatic carbocycles. The molecule has 0 saturated heterocycles. The second-order valence-electron chi connectivity index (χ2n) is 2.81. The van der Waals surface area contributed by atoms with Gasteiger partial charge in [0.2, 0.25) is 0 Å². The lowest BCUT2D eigenvalue weighted by Gasteiger charge is -2.04. The lowest BCUT2D eigenvalue weighted by molar-refractivity contribution is -0.135. The predicted molar refractivity (Wildman–Crippen MR) is 55.8 cm³/mol. The molecule has 0 spiro atoms. The van der Waals surface area contributed by atoms with Gasteiger partial charge in [0.1, 0.15) is 6.54 Å². The summed E-state index contributed by atoms with van der Waals surface area (Å²) in [5.74, 6) is -1.61. The summed E-state index contributed by atoms with van der Waals surface area (Å²) in [6.45, 7) is -0.429. The molecule has 1 amide bonds. The molecule has 4 N–H and O–H groups in total. The number of amides is 1. The maximum Gasteiger partial charge on any atom is 0.322 e. The first-order valence-corrected chi connectivity index (χ1v) is 4.43. The van der Waals surface area contributed by atoms with E-state index in [1.54, 1.807) is 0 Å². The number of hydrogen-bond donors (Lipinski definition) is 3. The van der Waals surface area contributed by atoms with E-state index in [9.17, 15) is 9.59 Å². The van der Waals surface area contributed by atoms with Crippen molar-refractivity contribution in [2.45, 2.75) is 0 Å². The third-order valence-corrected chi connectivity index (χ3v) is 2.00. The van der Waals surface area contributed by atoms with Crippen LogP contribution in [-0.2, 0) is 4.79 Å². The van der Waals surface area contributed by atoms with Gasteiger partial charge in [-0.25, -0.2) is 0 Å². The zero-order chi connectivity index (χ0) is 11.4. The van der Waals surface area contributed by atoms with E-state index in [2.05, 4.69) is 5.32 Å². The van der Waals surface area contributed by atoms with E-state index in [-0.39, 0.29) is 11.3 Å². The van der Waals surface area contributed by atoms with Crippen LogP contribution in [0.1, 0.15) is 10.4 Å². The molecule has 0 aliphatic carbocycles. The van der Waals surface area contributed by atoms with Crippen molar-refractivity contribution in [2.75, 3.05) is 12.3 Å². The standard InChI is InChI=1S/C9H9ClN2O3/c10-6-2-1-5(3-7(6)11)9(15)12-4-8(13)14/h1-3H,4,11H2,(H,12,15)(H,13,14). The van der Waals surface area contributed by atoms with E-state index < -0.39 is 18.4 Å². The van der Waals surface area contributed by atoms with Gasteiger partial charge in [-0.05, 0) is 18.2 Å². The highest BCUT2D eigenvalue weighted by molar-refractivity contribution is 6.33. The van der Waals surface area contributed by atoms with Crippen molar-refractivity contribution in [3.05, 3.63) is 28.8 Å². The molecule has 5 nitrogen and oxygen atoms in total. The van der Waals surface area contributed by atoms with E-state index in [1.165, 1.54) is 18.2 Å². The van der Waals surface area contributed by atoms with E-state index in [0.29, 0.717) is 5.02 Å². The molecule has 0 heterocycles. The maximum atomic E-state index is 11.3. The Balaban J connectivity index is 2.74. The smallest absolute Gasteiger partial charge is 0.322 e. The maximum absolute atomic E-state index is 11.3. The van der Waals surface area contributed by atoms with Crippen LogP contribution in [0.15, 0.2) is 18.2 Å². The number of nitrogens with one attached hydrogen (secondary N) is 1. The molecule has 0 atom stereocenters. The first-order valence-electron chi connectivity index (χ1n) is 4.05. The third kappa shape index (κ3) is 3.14. The Morgan fingerprint density at radius 1 is 1.47 bits per heavy atom. The fourth-order valence-electron chi connectivity index (χ4n) is 0.943. The van der Waals surface area contributed by atoms with Crippen LogP contribution in [0.5, 0.6) is 0 Å². The second-order valence-corrected chi connectivity index (χ2v) is 3.22. The van der Waals surface area contributed by atoms with Crippen molar-refractivity contribution in [3.63, 3.8) is 0 Å². The van der Waals surface area contributed by atoms with Crippen LogP contribution in [0, 0.1) is 0 Å². The van der Waals surface area contributed by atoms with Gasteiger partial charge in [-0.2, -0.15) is 0 Å². The lowest BCUT2D eigenvalue weighted by atomic mass is 10.2. The molecule has 15 heavy (non-hydrogen) atoms. The number of nitrogen functional groups attached to an aromatic ring is 1. The average Bonchev–Trinajstić information content (AvgIpc) is 2.18. The molecule has 0 fully saturated rings. The van der Waals surface area contributed by atoms with Gasteiger partial charge in [-0.1, -0.05) is 11.6 Å². The Morgan fingerprint density at radius 3 is 2.67 bits per heavy atom. The molecular weight excluding hydrogens is 220 g/mol. The summed E-state index contributed by atoms with van der Waals surface area (Å²) in [5, 5.41) is 10.9. The summed E-state index contributed by atoms with van der Waals surface area (Å²) in [5.41, 5.74) is 6.04. The molecule has 0 aliphatic rings. The van der Waals surface area contributed by atoms with Gasteiger partial charge in [-0.15, -0.1) is 0 Å². The third-order valence-electron chi connectivity index (χ3n) is 1.66. The number of aliphatic carboxylic acids is 1. The van der Waals surface area contributed by atoms with E-state index >= 15 is 0 Å². The number of anilines is 1. The minimum atomic E-state index is -1.11. The minimum Gasteiger partial charge on any atom is -0.480 e. The van der Waals surface area contributed by atoms with Gasteiger partial charge in [0.25, 0.3) is 5.91 Å². The van der Waals surface area contributed by atoms with Crippen molar-refractivity contribution in [3.8, 4) is 0 Å². The van der Waals surface area contributed by atoms with Crippen LogP contribution in [0.2, 0.25) is 5.02 Å². The molecule has 6 heteroatoms. The zero-order valence-corrected chi connectivity index (χ0v) is 8.41. The Hall–Kier alpha value is -1.75. The van der Waals surface area contributed by atoms with E-state index in [1.807, 2.05) is 0 Å². The van der Waals surface area contributed by atoms with Crippen LogP contribution in [0.3, 0.4) is 0 Å². The van der Waals surface area contributed by atoms with Crippen molar-refractivity contribution in [2.24, 2.45) is 0 Å². The molecule has 0 radical (unpaired) electrons. The molecule has 80 valence electrons. The number of hydrogen-bond acceptors (Lipinski definition) is 3. The van der Waals surface area contributed by atoms with Crippen LogP contribution in [-0.4, -0.2) is 23.5 Å². The number of carboxylic acid groups (broad SMARTS) is 1. The number of rotatable bonds is 3. The van der Waals surface area contributed by atoms with Crippen molar-refractivity contribution >= 4 is 29.2 Å². The average molecular weight is 229 g/mol. The normalized spacial score (nSPS) is 9.67. The number of carbonyl (C=O) groups excluding carboxylic acids is 1. The van der Waals surface area contributed by atoms with Gasteiger partial charge in [-0.3, -0.25) is 9.59 Å². The molecule has 0 aliphatic heterocycles. The largest absolute Gasteiger partial charge is 0.480 e. The van der Waals surface area contributed by atoms with Gasteiger partial charge in [0.05, 0.1) is 10.7 Å². The summed E-state index contributed by atoms with van der Waals surface area (Å²) in [6, 6.07) is 4.34. The van der Waals surface area contributed by atoms with Gasteiger partial charge < -0.3 is 16.2 Å². The molecule has 1 rings (SSSR count). The molecule has 0 unspecified atom stereocenters. The topological polar surface area (TPSA) is 92.4 Å². The summed E-state index contributed by atoms with van der Waals surface area (Å²) in [4.78, 5) is 21.5. The van der Waals surface area contributed by atoms with Gasteiger partial charge >= 0.3 is 5.97 Å². The van der Waals surface area contributed by atoms with Crippen molar-refractivity contribution in [1.29, 1.82) is 0 Å². The second kappa shape index (κ2) is 4.65. The summed E-state index contributed by atoms with van der Waals surface area (Å²) < 4.78 is 0. The molecule has 0 bridgehead atoms. The lowest BCUT2D eigenvalue weighted by Crippen LogP contribution is -2.29. The molecule has 1 aromatic rings. The number of halogens is 1. The Kier molecular flexibility index (Phi) is 3.51. The first-order chi connectivity index (χ1) is 7.00. The zero-order valence-electron chi connectivity index (χ0n) is 7.66. The first kappa shape index (κ1) is 11.3. The highest BCUT2D eigenvalue weighted by atomic mass is 35.5. The van der Waals surface area contributed by atoms with Crippen LogP contribution < -0.4 is 11.1 Å². The predicted octanol–water partition coefficient (Wildman–Crippen LogP) is 0.737. The SMILES string of the molecule is Nc1cc(C(=O)NCC(=O)O)ccc1Cl. The van der Waals surface area contributed by atoms with E-state index in [4.69, 9.17) is 22.4 Å². The number of nitrogens with two attached hydrogens (primary N) is 1. The molecule has 0 saturated carbocycles. The fraction of sp³-hybridized carbons (Fsp3) is 0.111. The van der Waals surface area contributed by atoms with Crippen LogP contribution >= 0.6 is 11.6 Å². The van der Waals surface area contributed by atoms with Crippen molar-refractivity contribution < 1.29 is 14.7 Å². The van der Waals surface area contributed by atoms with E-state index in [0.717, 1.165) is 0 Å². The Labute approximate surface area is 90.8 Å². The summed E-state index contributed by atoms with van der Waals surface area (Å²) >= 11 is 5.66. The quantitative estimate of drug-likeness (QED) is 0.665. The number of benzene rings is 1. The minimum absolute atomic E-state index is 0.276. The Morgan fingerprint density at radius 2 is 2.13 bits per heavy atom. The Bertz CT molecular complexity index is 406. The highest BCUT2D eigenvalue weighted by Crippen LogP contribution is 2.19. The van der Waals surface area contributed by atoms with Crippen LogP contribution in [0.25, 0.3) is 0 Å². The number of carbonyl (C=O) groups is 2. The summed E-state index contributed by atoms with van der Waals surface area (Å²) in [7, 11) is 0. The fourth-order valence-corrected chi connectivity index (χ4v) is 1.06. The molecular formula is C9H9ClN2O3. The monoisotopic (exact) mass is 228 g/mol. The van der Waals surface area contributed by atoms with Gasteiger partial charge in [0.15, 0.2) is 0 Å². The van der Waals surface area contributed by atoms with Crippen molar-refractivity contribution in [1.82, 2.24) is 5.32 Å². The number of carboxylic acids is 1. The summed E-state index contributed by atoms with van der Waals surface area (Å²) in [6.07, 6.45) is 0. The highest BCUT2D eigenvalue weighted by Gasteiger charge is 2.08.